The second-order valence-electron chi connectivity index (χ2n) is 5.51. The Morgan fingerprint density at radius 2 is 2.00 bits per heavy atom. The van der Waals surface area contributed by atoms with Crippen molar-refractivity contribution < 1.29 is 4.52 Å². The zero-order valence-electron chi connectivity index (χ0n) is 11.6. The number of hydrogen-bond acceptors (Lipinski definition) is 4. The fourth-order valence-electron chi connectivity index (χ4n) is 2.83. The smallest absolute Gasteiger partial charge is 0.243 e. The molecule has 1 fully saturated rings. The number of nitrogens with zero attached hydrogens (tertiary/aromatic N) is 2. The van der Waals surface area contributed by atoms with Gasteiger partial charge in [-0.25, -0.2) is 0 Å². The van der Waals surface area contributed by atoms with Gasteiger partial charge in [0.2, 0.25) is 5.89 Å². The van der Waals surface area contributed by atoms with Crippen LogP contribution in [0.5, 0.6) is 0 Å². The normalized spacial score (nSPS) is 26.2. The molecule has 0 radical (unpaired) electrons. The van der Waals surface area contributed by atoms with Crippen molar-refractivity contribution in [2.75, 3.05) is 0 Å². The molecule has 4 nitrogen and oxygen atoms in total. The zero-order valence-corrected chi connectivity index (χ0v) is 11.6. The van der Waals surface area contributed by atoms with Gasteiger partial charge in [0.25, 0.3) is 0 Å². The molecule has 1 aromatic heterocycles. The van der Waals surface area contributed by atoms with Crippen molar-refractivity contribution in [3.8, 4) is 0 Å². The van der Waals surface area contributed by atoms with Crippen molar-refractivity contribution in [2.45, 2.75) is 70.8 Å². The Labute approximate surface area is 109 Å². The van der Waals surface area contributed by atoms with E-state index in [1.165, 1.54) is 32.1 Å². The number of hydrogen-bond donors (Lipinski definition) is 1. The predicted molar refractivity (Wildman–Crippen MR) is 71.1 cm³/mol. The van der Waals surface area contributed by atoms with Crippen LogP contribution in [0.25, 0.3) is 0 Å². The molecule has 1 heterocycles. The lowest BCUT2D eigenvalue weighted by Crippen LogP contribution is -2.14. The summed E-state index contributed by atoms with van der Waals surface area (Å²) in [4.78, 5) is 4.50. The fraction of sp³-hybridized carbons (Fsp3) is 0.857. The molecule has 18 heavy (non-hydrogen) atoms. The third-order valence-electron chi connectivity index (χ3n) is 4.16. The van der Waals surface area contributed by atoms with Gasteiger partial charge in [-0.2, -0.15) is 4.98 Å². The molecule has 0 saturated heterocycles. The molecule has 0 spiro atoms. The van der Waals surface area contributed by atoms with Gasteiger partial charge in [-0.05, 0) is 38.0 Å². The molecule has 4 heteroatoms. The van der Waals surface area contributed by atoms with E-state index in [0.717, 1.165) is 24.6 Å². The van der Waals surface area contributed by atoms with E-state index >= 15 is 0 Å². The topological polar surface area (TPSA) is 64.9 Å². The highest BCUT2D eigenvalue weighted by Gasteiger charge is 2.25. The summed E-state index contributed by atoms with van der Waals surface area (Å²) in [5.74, 6) is 2.88. The monoisotopic (exact) mass is 251 g/mol. The summed E-state index contributed by atoms with van der Waals surface area (Å²) in [7, 11) is 0. The van der Waals surface area contributed by atoms with Gasteiger partial charge >= 0.3 is 0 Å². The minimum atomic E-state index is -0.0942. The van der Waals surface area contributed by atoms with Gasteiger partial charge in [-0.1, -0.05) is 31.8 Å². The van der Waals surface area contributed by atoms with Crippen LogP contribution in [0.4, 0.5) is 0 Å². The van der Waals surface area contributed by atoms with Crippen LogP contribution in [0.15, 0.2) is 4.52 Å². The maximum absolute atomic E-state index is 6.00. The summed E-state index contributed by atoms with van der Waals surface area (Å²) in [6.45, 7) is 4.39. The molecule has 1 aliphatic rings. The van der Waals surface area contributed by atoms with Gasteiger partial charge in [-0.3, -0.25) is 0 Å². The number of nitrogens with two attached hydrogens (primary N) is 1. The third kappa shape index (κ3) is 3.10. The standard InChI is InChI=1S/C14H25N3O/c1-3-5-12(15)14-16-13(17-18-14)11-8-6-10(4-2)7-9-11/h10-12H,3-9,15H2,1-2H3. The molecular formula is C14H25N3O. The van der Waals surface area contributed by atoms with Crippen LogP contribution in [0, 0.1) is 5.92 Å². The van der Waals surface area contributed by atoms with E-state index in [0.29, 0.717) is 11.8 Å². The Balaban J connectivity index is 1.94. The van der Waals surface area contributed by atoms with Crippen LogP contribution in [0.1, 0.15) is 82.5 Å². The molecule has 1 aromatic rings. The first-order valence-corrected chi connectivity index (χ1v) is 7.33. The average molecular weight is 251 g/mol. The Hall–Kier alpha value is -0.900. The van der Waals surface area contributed by atoms with Gasteiger partial charge in [0.15, 0.2) is 5.82 Å². The lowest BCUT2D eigenvalue weighted by molar-refractivity contribution is 0.300. The van der Waals surface area contributed by atoms with Gasteiger partial charge in [0.05, 0.1) is 6.04 Å². The molecule has 2 N–H and O–H groups in total. The highest BCUT2D eigenvalue weighted by Crippen LogP contribution is 2.35. The summed E-state index contributed by atoms with van der Waals surface area (Å²) in [5, 5.41) is 4.13. The first kappa shape index (κ1) is 13.5. The van der Waals surface area contributed by atoms with E-state index in [2.05, 4.69) is 24.0 Å². The van der Waals surface area contributed by atoms with Crippen molar-refractivity contribution in [2.24, 2.45) is 11.7 Å². The van der Waals surface area contributed by atoms with E-state index in [9.17, 15) is 0 Å². The summed E-state index contributed by atoms with van der Waals surface area (Å²) in [6, 6.07) is -0.0942. The van der Waals surface area contributed by atoms with Crippen molar-refractivity contribution in [3.63, 3.8) is 0 Å². The quantitative estimate of drug-likeness (QED) is 0.869. The highest BCUT2D eigenvalue weighted by molar-refractivity contribution is 4.99. The summed E-state index contributed by atoms with van der Waals surface area (Å²) >= 11 is 0. The minimum Gasteiger partial charge on any atom is -0.338 e. The molecule has 0 aliphatic heterocycles. The molecular weight excluding hydrogens is 226 g/mol. The highest BCUT2D eigenvalue weighted by atomic mass is 16.5. The molecule has 1 aliphatic carbocycles. The zero-order chi connectivity index (χ0) is 13.0. The molecule has 1 atom stereocenters. The van der Waals surface area contributed by atoms with Gasteiger partial charge in [0, 0.05) is 5.92 Å². The predicted octanol–water partition coefficient (Wildman–Crippen LogP) is 3.55. The summed E-state index contributed by atoms with van der Waals surface area (Å²) in [5.41, 5.74) is 6.00. The van der Waals surface area contributed by atoms with Gasteiger partial charge in [0.1, 0.15) is 0 Å². The van der Waals surface area contributed by atoms with Crippen LogP contribution >= 0.6 is 0 Å². The third-order valence-corrected chi connectivity index (χ3v) is 4.16. The van der Waals surface area contributed by atoms with E-state index in [1.54, 1.807) is 0 Å². The van der Waals surface area contributed by atoms with Crippen LogP contribution < -0.4 is 5.73 Å². The van der Waals surface area contributed by atoms with E-state index in [4.69, 9.17) is 10.3 Å². The maximum atomic E-state index is 6.00. The Morgan fingerprint density at radius 1 is 1.28 bits per heavy atom. The number of rotatable bonds is 5. The second-order valence-corrected chi connectivity index (χ2v) is 5.51. The minimum absolute atomic E-state index is 0.0942. The van der Waals surface area contributed by atoms with Crippen molar-refractivity contribution in [1.29, 1.82) is 0 Å². The SMILES string of the molecule is CCCC(N)c1nc(C2CCC(CC)CC2)no1. The van der Waals surface area contributed by atoms with Gasteiger partial charge in [-0.15, -0.1) is 0 Å². The van der Waals surface area contributed by atoms with Crippen LogP contribution in [0.3, 0.4) is 0 Å². The Bertz CT molecular complexity index is 356. The van der Waals surface area contributed by atoms with Crippen LogP contribution in [-0.4, -0.2) is 10.1 Å². The van der Waals surface area contributed by atoms with Crippen LogP contribution in [0.2, 0.25) is 0 Å². The first-order valence-electron chi connectivity index (χ1n) is 7.33. The average Bonchev–Trinajstić information content (AvgIpc) is 2.89. The lowest BCUT2D eigenvalue weighted by Gasteiger charge is -2.25. The molecule has 0 amide bonds. The maximum Gasteiger partial charge on any atom is 0.243 e. The summed E-state index contributed by atoms with van der Waals surface area (Å²) in [6.07, 6.45) is 8.23. The molecule has 1 unspecified atom stereocenters. The Morgan fingerprint density at radius 3 is 2.61 bits per heavy atom. The first-order chi connectivity index (χ1) is 8.74. The Kier molecular flexibility index (Phi) is 4.75. The van der Waals surface area contributed by atoms with Crippen LogP contribution in [-0.2, 0) is 0 Å². The fourth-order valence-corrected chi connectivity index (χ4v) is 2.83. The van der Waals surface area contributed by atoms with E-state index in [1.807, 2.05) is 0 Å². The molecule has 2 rings (SSSR count). The van der Waals surface area contributed by atoms with Crippen molar-refractivity contribution >= 4 is 0 Å². The number of aromatic nitrogens is 2. The van der Waals surface area contributed by atoms with Crippen molar-refractivity contribution in [3.05, 3.63) is 11.7 Å². The molecule has 0 bridgehead atoms. The summed E-state index contributed by atoms with van der Waals surface area (Å²) < 4.78 is 5.30. The van der Waals surface area contributed by atoms with E-state index in [-0.39, 0.29) is 6.04 Å². The molecule has 102 valence electrons. The molecule has 1 saturated carbocycles. The van der Waals surface area contributed by atoms with Crippen molar-refractivity contribution in [1.82, 2.24) is 10.1 Å². The van der Waals surface area contributed by atoms with E-state index < -0.39 is 0 Å². The van der Waals surface area contributed by atoms with Gasteiger partial charge < -0.3 is 10.3 Å². The molecule has 0 aromatic carbocycles. The second kappa shape index (κ2) is 6.32. The lowest BCUT2D eigenvalue weighted by atomic mass is 9.80. The largest absolute Gasteiger partial charge is 0.338 e.